The van der Waals surface area contributed by atoms with Gasteiger partial charge >= 0.3 is 0 Å². The van der Waals surface area contributed by atoms with E-state index in [1.54, 1.807) is 0 Å². The Morgan fingerprint density at radius 1 is 1.29 bits per heavy atom. The van der Waals surface area contributed by atoms with Gasteiger partial charge in [-0.25, -0.2) is 0 Å². The molecule has 0 bridgehead atoms. The molecule has 2 aliphatic rings. The molecule has 0 spiro atoms. The van der Waals surface area contributed by atoms with Crippen LogP contribution in [0.4, 0.5) is 0 Å². The van der Waals surface area contributed by atoms with E-state index in [4.69, 9.17) is 5.73 Å². The second-order valence-corrected chi connectivity index (χ2v) is 5.53. The van der Waals surface area contributed by atoms with Crippen LogP contribution in [0.15, 0.2) is 24.3 Å². The fourth-order valence-electron chi connectivity index (χ4n) is 2.74. The molecular formula is C15H19NO. The Morgan fingerprint density at radius 3 is 2.53 bits per heavy atom. The molecule has 0 aromatic heterocycles. The number of carbonyl (C=O) groups is 1. The molecule has 0 radical (unpaired) electrons. The molecule has 0 atom stereocenters. The third-order valence-corrected chi connectivity index (χ3v) is 4.48. The quantitative estimate of drug-likeness (QED) is 0.807. The van der Waals surface area contributed by atoms with Gasteiger partial charge in [-0.1, -0.05) is 30.7 Å². The zero-order chi connectivity index (χ0) is 11.9. The van der Waals surface area contributed by atoms with E-state index < -0.39 is 0 Å². The first-order valence-electron chi connectivity index (χ1n) is 6.61. The van der Waals surface area contributed by atoms with Crippen molar-refractivity contribution in [3.8, 4) is 0 Å². The summed E-state index contributed by atoms with van der Waals surface area (Å²) in [7, 11) is 0. The number of Topliss-reactive ketones (excluding diaryl/α,β-unsaturated/α-hetero) is 1. The lowest BCUT2D eigenvalue weighted by Gasteiger charge is -2.28. The van der Waals surface area contributed by atoms with E-state index in [-0.39, 0.29) is 5.41 Å². The van der Waals surface area contributed by atoms with Crippen molar-refractivity contribution in [2.75, 3.05) is 6.54 Å². The van der Waals surface area contributed by atoms with Crippen LogP contribution in [0.5, 0.6) is 0 Å². The topological polar surface area (TPSA) is 43.1 Å². The molecule has 2 fully saturated rings. The van der Waals surface area contributed by atoms with Crippen LogP contribution < -0.4 is 5.73 Å². The SMILES string of the molecule is NCC1(C(=O)c2ccccc2C2CCC2)CC1. The van der Waals surface area contributed by atoms with Gasteiger partial charge in [0.2, 0.25) is 0 Å². The standard InChI is InChI=1S/C15H19NO/c16-10-15(8-9-15)14(17)13-7-2-1-6-12(13)11-4-3-5-11/h1-2,6-7,11H,3-5,8-10,16H2. The molecule has 3 rings (SSSR count). The lowest BCUT2D eigenvalue weighted by Crippen LogP contribution is -2.27. The molecule has 1 aromatic carbocycles. The van der Waals surface area contributed by atoms with E-state index in [0.29, 0.717) is 18.2 Å². The van der Waals surface area contributed by atoms with Crippen molar-refractivity contribution in [2.45, 2.75) is 38.0 Å². The third-order valence-electron chi connectivity index (χ3n) is 4.48. The minimum atomic E-state index is -0.208. The Kier molecular flexibility index (Phi) is 2.55. The van der Waals surface area contributed by atoms with Crippen LogP contribution in [0, 0.1) is 5.41 Å². The highest BCUT2D eigenvalue weighted by Gasteiger charge is 2.49. The number of hydrogen-bond acceptors (Lipinski definition) is 2. The Bertz CT molecular complexity index is 444. The van der Waals surface area contributed by atoms with Crippen molar-refractivity contribution < 1.29 is 4.79 Å². The second-order valence-electron chi connectivity index (χ2n) is 5.53. The molecule has 0 heterocycles. The van der Waals surface area contributed by atoms with Gasteiger partial charge in [0.25, 0.3) is 0 Å². The average molecular weight is 229 g/mol. The summed E-state index contributed by atoms with van der Waals surface area (Å²) in [6.45, 7) is 0.505. The molecule has 2 saturated carbocycles. The lowest BCUT2D eigenvalue weighted by molar-refractivity contribution is 0.0903. The van der Waals surface area contributed by atoms with Crippen LogP contribution in [0.25, 0.3) is 0 Å². The Hall–Kier alpha value is -1.15. The van der Waals surface area contributed by atoms with Gasteiger partial charge < -0.3 is 5.73 Å². The average Bonchev–Trinajstić information content (AvgIpc) is 3.07. The smallest absolute Gasteiger partial charge is 0.170 e. The molecule has 2 heteroatoms. The molecule has 0 unspecified atom stereocenters. The zero-order valence-corrected chi connectivity index (χ0v) is 10.1. The highest BCUT2D eigenvalue weighted by Crippen LogP contribution is 2.49. The van der Waals surface area contributed by atoms with Crippen LogP contribution in [-0.4, -0.2) is 12.3 Å². The molecule has 17 heavy (non-hydrogen) atoms. The third kappa shape index (κ3) is 1.71. The molecule has 2 N–H and O–H groups in total. The Labute approximate surface area is 102 Å². The summed E-state index contributed by atoms with van der Waals surface area (Å²) in [5.41, 5.74) is 7.76. The molecule has 2 nitrogen and oxygen atoms in total. The maximum absolute atomic E-state index is 12.5. The van der Waals surface area contributed by atoms with Crippen molar-refractivity contribution in [3.63, 3.8) is 0 Å². The number of rotatable bonds is 4. The first-order chi connectivity index (χ1) is 8.27. The van der Waals surface area contributed by atoms with E-state index in [9.17, 15) is 4.79 Å². The number of nitrogens with two attached hydrogens (primary N) is 1. The summed E-state index contributed by atoms with van der Waals surface area (Å²) < 4.78 is 0. The number of carbonyl (C=O) groups excluding carboxylic acids is 1. The van der Waals surface area contributed by atoms with Gasteiger partial charge in [-0.3, -0.25) is 4.79 Å². The van der Waals surface area contributed by atoms with E-state index in [0.717, 1.165) is 18.4 Å². The summed E-state index contributed by atoms with van der Waals surface area (Å²) in [6, 6.07) is 8.14. The minimum absolute atomic E-state index is 0.208. The van der Waals surface area contributed by atoms with E-state index in [1.807, 2.05) is 18.2 Å². The zero-order valence-electron chi connectivity index (χ0n) is 10.1. The summed E-state index contributed by atoms with van der Waals surface area (Å²) in [5.74, 6) is 0.909. The lowest BCUT2D eigenvalue weighted by atomic mass is 9.76. The predicted octanol–water partition coefficient (Wildman–Crippen LogP) is 2.88. The fraction of sp³-hybridized carbons (Fsp3) is 0.533. The van der Waals surface area contributed by atoms with E-state index in [2.05, 4.69) is 6.07 Å². The van der Waals surface area contributed by atoms with Crippen molar-refractivity contribution in [2.24, 2.45) is 11.1 Å². The maximum Gasteiger partial charge on any atom is 0.170 e. The molecule has 0 saturated heterocycles. The van der Waals surface area contributed by atoms with Gasteiger partial charge in [-0.2, -0.15) is 0 Å². The van der Waals surface area contributed by atoms with Crippen molar-refractivity contribution in [3.05, 3.63) is 35.4 Å². The van der Waals surface area contributed by atoms with Gasteiger partial charge in [0, 0.05) is 17.5 Å². The van der Waals surface area contributed by atoms with E-state index in [1.165, 1.54) is 24.8 Å². The van der Waals surface area contributed by atoms with Gasteiger partial charge in [0.05, 0.1) is 0 Å². The van der Waals surface area contributed by atoms with Crippen LogP contribution in [0.1, 0.15) is 53.9 Å². The van der Waals surface area contributed by atoms with Gasteiger partial charge in [0.1, 0.15) is 0 Å². The maximum atomic E-state index is 12.5. The molecule has 90 valence electrons. The Morgan fingerprint density at radius 2 is 2.00 bits per heavy atom. The van der Waals surface area contributed by atoms with Crippen LogP contribution in [-0.2, 0) is 0 Å². The number of ketones is 1. The minimum Gasteiger partial charge on any atom is -0.329 e. The molecule has 2 aliphatic carbocycles. The van der Waals surface area contributed by atoms with Gasteiger partial charge in [-0.05, 0) is 37.2 Å². The molecule has 0 amide bonds. The van der Waals surface area contributed by atoms with Gasteiger partial charge in [0.15, 0.2) is 5.78 Å². The largest absolute Gasteiger partial charge is 0.329 e. The Balaban J connectivity index is 1.94. The first-order valence-corrected chi connectivity index (χ1v) is 6.61. The number of hydrogen-bond donors (Lipinski definition) is 1. The molecule has 0 aliphatic heterocycles. The second kappa shape index (κ2) is 3.95. The normalized spacial score (nSPS) is 21.9. The highest BCUT2D eigenvalue weighted by molar-refractivity contribution is 6.03. The number of benzene rings is 1. The monoisotopic (exact) mass is 229 g/mol. The first kappa shape index (κ1) is 11.0. The van der Waals surface area contributed by atoms with Crippen LogP contribution >= 0.6 is 0 Å². The summed E-state index contributed by atoms with van der Waals surface area (Å²) in [5, 5.41) is 0. The summed E-state index contributed by atoms with van der Waals surface area (Å²) >= 11 is 0. The van der Waals surface area contributed by atoms with Crippen molar-refractivity contribution in [1.82, 2.24) is 0 Å². The molecule has 1 aromatic rings. The van der Waals surface area contributed by atoms with Crippen molar-refractivity contribution >= 4 is 5.78 Å². The van der Waals surface area contributed by atoms with Crippen molar-refractivity contribution in [1.29, 1.82) is 0 Å². The summed E-state index contributed by atoms with van der Waals surface area (Å²) in [4.78, 5) is 12.5. The fourth-order valence-corrected chi connectivity index (χ4v) is 2.74. The predicted molar refractivity (Wildman–Crippen MR) is 68.1 cm³/mol. The van der Waals surface area contributed by atoms with Crippen LogP contribution in [0.2, 0.25) is 0 Å². The molecular weight excluding hydrogens is 210 g/mol. The highest BCUT2D eigenvalue weighted by atomic mass is 16.1. The van der Waals surface area contributed by atoms with Gasteiger partial charge in [-0.15, -0.1) is 0 Å². The van der Waals surface area contributed by atoms with Crippen LogP contribution in [0.3, 0.4) is 0 Å². The summed E-state index contributed by atoms with van der Waals surface area (Å²) in [6.07, 6.45) is 5.72. The van der Waals surface area contributed by atoms with E-state index >= 15 is 0 Å².